The van der Waals surface area contributed by atoms with E-state index < -0.39 is 0 Å². The second-order valence-corrected chi connectivity index (χ2v) is 5.80. The number of amides is 1. The van der Waals surface area contributed by atoms with Crippen LogP contribution in [0, 0.1) is 0 Å². The van der Waals surface area contributed by atoms with Crippen molar-refractivity contribution < 1.29 is 14.6 Å². The van der Waals surface area contributed by atoms with Crippen molar-refractivity contribution in [1.82, 2.24) is 9.80 Å². The number of rotatable bonds is 7. The van der Waals surface area contributed by atoms with Crippen LogP contribution in [-0.2, 0) is 4.79 Å². The van der Waals surface area contributed by atoms with Gasteiger partial charge in [0.15, 0.2) is 0 Å². The highest BCUT2D eigenvalue weighted by molar-refractivity contribution is 5.76. The van der Waals surface area contributed by atoms with Crippen molar-refractivity contribution in [1.29, 1.82) is 0 Å². The van der Waals surface area contributed by atoms with Crippen LogP contribution in [0.3, 0.4) is 0 Å². The number of aliphatic hydroxyl groups excluding tert-OH is 1. The topological polar surface area (TPSA) is 53.0 Å². The van der Waals surface area contributed by atoms with Crippen molar-refractivity contribution >= 4 is 5.91 Å². The van der Waals surface area contributed by atoms with Crippen molar-refractivity contribution in [2.75, 3.05) is 39.3 Å². The molecule has 0 aliphatic carbocycles. The van der Waals surface area contributed by atoms with Gasteiger partial charge in [0.1, 0.15) is 5.75 Å². The van der Waals surface area contributed by atoms with E-state index in [1.807, 2.05) is 35.2 Å². The molecule has 0 unspecified atom stereocenters. The molecule has 1 fully saturated rings. The molecule has 0 bridgehead atoms. The minimum Gasteiger partial charge on any atom is -0.494 e. The monoisotopic (exact) mass is 306 g/mol. The molecular weight excluding hydrogens is 280 g/mol. The first kappa shape index (κ1) is 16.8. The van der Waals surface area contributed by atoms with E-state index >= 15 is 0 Å². The summed E-state index contributed by atoms with van der Waals surface area (Å²) in [7, 11) is 0. The molecule has 1 aliphatic rings. The van der Waals surface area contributed by atoms with Crippen molar-refractivity contribution in [3.05, 3.63) is 30.3 Å². The SMILES string of the molecule is C[C@@H](O)CN1CCN(C(=O)CCCOc2ccccc2)CC1. The lowest BCUT2D eigenvalue weighted by molar-refractivity contribution is -0.133. The van der Waals surface area contributed by atoms with Gasteiger partial charge in [-0.25, -0.2) is 0 Å². The molecule has 1 heterocycles. The molecule has 1 aromatic carbocycles. The van der Waals surface area contributed by atoms with Crippen molar-refractivity contribution in [3.8, 4) is 5.75 Å². The number of carbonyl (C=O) groups is 1. The Morgan fingerprint density at radius 1 is 1.23 bits per heavy atom. The summed E-state index contributed by atoms with van der Waals surface area (Å²) in [4.78, 5) is 16.3. The third kappa shape index (κ3) is 5.66. The zero-order chi connectivity index (χ0) is 15.8. The smallest absolute Gasteiger partial charge is 0.222 e. The van der Waals surface area contributed by atoms with Gasteiger partial charge >= 0.3 is 0 Å². The first-order valence-corrected chi connectivity index (χ1v) is 8.01. The Balaban J connectivity index is 1.60. The highest BCUT2D eigenvalue weighted by Gasteiger charge is 2.21. The lowest BCUT2D eigenvalue weighted by Gasteiger charge is -2.35. The summed E-state index contributed by atoms with van der Waals surface area (Å²) in [5.74, 6) is 1.05. The standard InChI is InChI=1S/C17H26N2O3/c1-15(20)14-18-9-11-19(12-10-18)17(21)8-5-13-22-16-6-3-2-4-7-16/h2-4,6-7,15,20H,5,8-14H2,1H3/t15-/m1/s1. The summed E-state index contributed by atoms with van der Waals surface area (Å²) < 4.78 is 5.60. The summed E-state index contributed by atoms with van der Waals surface area (Å²) in [5, 5.41) is 9.38. The van der Waals surface area contributed by atoms with Crippen LogP contribution >= 0.6 is 0 Å². The maximum absolute atomic E-state index is 12.1. The lowest BCUT2D eigenvalue weighted by atomic mass is 10.2. The summed E-state index contributed by atoms with van der Waals surface area (Å²) in [6.07, 6.45) is 0.961. The molecule has 1 amide bonds. The van der Waals surface area contributed by atoms with Gasteiger partial charge in [-0.3, -0.25) is 9.69 Å². The predicted molar refractivity (Wildman–Crippen MR) is 85.9 cm³/mol. The summed E-state index contributed by atoms with van der Waals surface area (Å²) in [5.41, 5.74) is 0. The Labute approximate surface area is 132 Å². The molecular formula is C17H26N2O3. The fraction of sp³-hybridized carbons (Fsp3) is 0.588. The highest BCUT2D eigenvalue weighted by atomic mass is 16.5. The molecule has 2 rings (SSSR count). The molecule has 1 aromatic rings. The number of para-hydroxylation sites is 1. The second kappa shape index (κ2) is 8.76. The Kier molecular flexibility index (Phi) is 6.68. The molecule has 1 aliphatic heterocycles. The van der Waals surface area contributed by atoms with E-state index in [1.165, 1.54) is 0 Å². The first-order valence-electron chi connectivity index (χ1n) is 8.01. The number of hydrogen-bond donors (Lipinski definition) is 1. The molecule has 0 saturated carbocycles. The van der Waals surface area contributed by atoms with Crippen LogP contribution in [0.1, 0.15) is 19.8 Å². The van der Waals surface area contributed by atoms with E-state index in [2.05, 4.69) is 4.90 Å². The van der Waals surface area contributed by atoms with Crippen LogP contribution < -0.4 is 4.74 Å². The predicted octanol–water partition coefficient (Wildman–Crippen LogP) is 1.37. The van der Waals surface area contributed by atoms with Gasteiger partial charge in [-0.1, -0.05) is 18.2 Å². The number of carbonyl (C=O) groups excluding carboxylic acids is 1. The van der Waals surface area contributed by atoms with Crippen LogP contribution in [-0.4, -0.2) is 66.2 Å². The van der Waals surface area contributed by atoms with Gasteiger partial charge in [0.2, 0.25) is 5.91 Å². The van der Waals surface area contributed by atoms with Gasteiger partial charge in [-0.15, -0.1) is 0 Å². The molecule has 22 heavy (non-hydrogen) atoms. The van der Waals surface area contributed by atoms with Gasteiger partial charge in [0, 0.05) is 39.1 Å². The summed E-state index contributed by atoms with van der Waals surface area (Å²) in [6.45, 7) is 6.25. The average Bonchev–Trinajstić information content (AvgIpc) is 2.52. The molecule has 0 spiro atoms. The maximum atomic E-state index is 12.1. The number of hydrogen-bond acceptors (Lipinski definition) is 4. The third-order valence-corrected chi connectivity index (χ3v) is 3.79. The average molecular weight is 306 g/mol. The van der Waals surface area contributed by atoms with Crippen LogP contribution in [0.25, 0.3) is 0 Å². The summed E-state index contributed by atoms with van der Waals surface area (Å²) in [6, 6.07) is 9.67. The fourth-order valence-electron chi connectivity index (χ4n) is 2.64. The van der Waals surface area contributed by atoms with Gasteiger partial charge in [0.25, 0.3) is 0 Å². The summed E-state index contributed by atoms with van der Waals surface area (Å²) >= 11 is 0. The van der Waals surface area contributed by atoms with E-state index in [4.69, 9.17) is 4.74 Å². The molecule has 1 atom stereocenters. The molecule has 1 saturated heterocycles. The Hall–Kier alpha value is -1.59. The van der Waals surface area contributed by atoms with E-state index in [0.717, 1.165) is 38.3 Å². The normalized spacial score (nSPS) is 17.3. The second-order valence-electron chi connectivity index (χ2n) is 5.80. The maximum Gasteiger partial charge on any atom is 0.222 e. The zero-order valence-electron chi connectivity index (χ0n) is 13.3. The number of benzene rings is 1. The number of piperazine rings is 1. The minimum atomic E-state index is -0.308. The van der Waals surface area contributed by atoms with Crippen LogP contribution in [0.5, 0.6) is 5.75 Å². The lowest BCUT2D eigenvalue weighted by Crippen LogP contribution is -2.50. The Morgan fingerprint density at radius 2 is 1.91 bits per heavy atom. The van der Waals surface area contributed by atoms with Crippen molar-refractivity contribution in [2.24, 2.45) is 0 Å². The molecule has 5 nitrogen and oxygen atoms in total. The Morgan fingerprint density at radius 3 is 2.55 bits per heavy atom. The van der Waals surface area contributed by atoms with Gasteiger partial charge in [-0.2, -0.15) is 0 Å². The number of ether oxygens (including phenoxy) is 1. The van der Waals surface area contributed by atoms with E-state index in [-0.39, 0.29) is 12.0 Å². The van der Waals surface area contributed by atoms with Crippen LogP contribution in [0.2, 0.25) is 0 Å². The number of aliphatic hydroxyl groups is 1. The van der Waals surface area contributed by atoms with Crippen LogP contribution in [0.15, 0.2) is 30.3 Å². The van der Waals surface area contributed by atoms with E-state index in [1.54, 1.807) is 6.92 Å². The van der Waals surface area contributed by atoms with Gasteiger partial charge in [0.05, 0.1) is 12.7 Å². The van der Waals surface area contributed by atoms with Crippen molar-refractivity contribution in [3.63, 3.8) is 0 Å². The minimum absolute atomic E-state index is 0.202. The van der Waals surface area contributed by atoms with Crippen molar-refractivity contribution in [2.45, 2.75) is 25.9 Å². The molecule has 5 heteroatoms. The van der Waals surface area contributed by atoms with Gasteiger partial charge < -0.3 is 14.7 Å². The number of β-amino-alcohol motifs (C(OH)–C–C–N with tert-alkyl or cyclic N) is 1. The van der Waals surface area contributed by atoms with E-state index in [9.17, 15) is 9.90 Å². The zero-order valence-corrected chi connectivity index (χ0v) is 13.3. The molecule has 0 radical (unpaired) electrons. The molecule has 0 aromatic heterocycles. The number of nitrogens with zero attached hydrogens (tertiary/aromatic N) is 2. The van der Waals surface area contributed by atoms with Gasteiger partial charge in [-0.05, 0) is 25.5 Å². The molecule has 122 valence electrons. The van der Waals surface area contributed by atoms with Crippen LogP contribution in [0.4, 0.5) is 0 Å². The largest absolute Gasteiger partial charge is 0.494 e. The van der Waals surface area contributed by atoms with E-state index in [0.29, 0.717) is 19.6 Å². The first-order chi connectivity index (χ1) is 10.6. The highest BCUT2D eigenvalue weighted by Crippen LogP contribution is 2.10. The quantitative estimate of drug-likeness (QED) is 0.773. The Bertz CT molecular complexity index is 442. The molecule has 1 N–H and O–H groups in total. The fourth-order valence-corrected chi connectivity index (χ4v) is 2.64. The third-order valence-electron chi connectivity index (χ3n) is 3.79.